The van der Waals surface area contributed by atoms with E-state index in [-0.39, 0.29) is 11.8 Å². The quantitative estimate of drug-likeness (QED) is 0.728. The molecule has 4 nitrogen and oxygen atoms in total. The van der Waals surface area contributed by atoms with Crippen LogP contribution >= 0.6 is 35.0 Å². The second-order valence-corrected chi connectivity index (χ2v) is 8.17. The van der Waals surface area contributed by atoms with E-state index < -0.39 is 6.04 Å². The molecule has 0 spiro atoms. The van der Waals surface area contributed by atoms with Crippen molar-refractivity contribution >= 4 is 52.5 Å². The van der Waals surface area contributed by atoms with E-state index >= 15 is 0 Å². The van der Waals surface area contributed by atoms with Crippen LogP contribution in [0.2, 0.25) is 10.0 Å². The van der Waals surface area contributed by atoms with Crippen LogP contribution in [0.1, 0.15) is 28.8 Å². The van der Waals surface area contributed by atoms with Gasteiger partial charge in [0.05, 0.1) is 0 Å². The fourth-order valence-electron chi connectivity index (χ4n) is 3.20. The summed E-state index contributed by atoms with van der Waals surface area (Å²) in [6, 6.07) is 12.0. The number of thioether (sulfide) groups is 1. The van der Waals surface area contributed by atoms with Crippen LogP contribution in [-0.2, 0) is 10.5 Å². The van der Waals surface area contributed by atoms with Gasteiger partial charge in [-0.2, -0.15) is 11.8 Å². The number of rotatable bonds is 5. The van der Waals surface area contributed by atoms with Crippen LogP contribution in [0.4, 0.5) is 5.69 Å². The lowest BCUT2D eigenvalue weighted by molar-refractivity contribution is -0.119. The highest BCUT2D eigenvalue weighted by Crippen LogP contribution is 2.25. The number of halogens is 2. The van der Waals surface area contributed by atoms with Crippen molar-refractivity contribution in [2.45, 2.75) is 24.6 Å². The summed E-state index contributed by atoms with van der Waals surface area (Å²) in [7, 11) is 0. The predicted octanol–water partition coefficient (Wildman–Crippen LogP) is 5.10. The maximum Gasteiger partial charge on any atom is 0.254 e. The van der Waals surface area contributed by atoms with Gasteiger partial charge in [-0.25, -0.2) is 0 Å². The topological polar surface area (TPSA) is 49.4 Å². The largest absolute Gasteiger partial charge is 0.327 e. The average Bonchev–Trinajstić information content (AvgIpc) is 3.12. The van der Waals surface area contributed by atoms with E-state index in [1.807, 2.05) is 24.3 Å². The number of amides is 2. The van der Waals surface area contributed by atoms with Crippen molar-refractivity contribution in [2.24, 2.45) is 0 Å². The molecule has 1 heterocycles. The van der Waals surface area contributed by atoms with Crippen LogP contribution < -0.4 is 5.32 Å². The first kappa shape index (κ1) is 20.1. The van der Waals surface area contributed by atoms with E-state index in [0.717, 1.165) is 17.9 Å². The Hall–Kier alpha value is -1.69. The maximum absolute atomic E-state index is 12.9. The summed E-state index contributed by atoms with van der Waals surface area (Å²) in [5.41, 5.74) is 2.33. The summed E-state index contributed by atoms with van der Waals surface area (Å²) in [5, 5.41) is 3.72. The monoisotopic (exact) mass is 422 g/mol. The van der Waals surface area contributed by atoms with Crippen molar-refractivity contribution in [3.05, 3.63) is 63.6 Å². The summed E-state index contributed by atoms with van der Waals surface area (Å²) in [6.07, 6.45) is 3.47. The molecule has 0 radical (unpaired) electrons. The lowest BCUT2D eigenvalue weighted by Crippen LogP contribution is -2.43. The van der Waals surface area contributed by atoms with Gasteiger partial charge in [0, 0.05) is 33.6 Å². The number of nitrogens with one attached hydrogen (secondary N) is 1. The Morgan fingerprint density at radius 2 is 1.81 bits per heavy atom. The lowest BCUT2D eigenvalue weighted by atomic mass is 10.1. The van der Waals surface area contributed by atoms with Gasteiger partial charge in [0.2, 0.25) is 5.91 Å². The first-order valence-corrected chi connectivity index (χ1v) is 10.8. The highest BCUT2D eigenvalue weighted by Gasteiger charge is 2.34. The molecule has 142 valence electrons. The molecule has 1 N–H and O–H groups in total. The van der Waals surface area contributed by atoms with Crippen LogP contribution in [0.15, 0.2) is 42.5 Å². The number of carbonyl (C=O) groups excluding carboxylic acids is 2. The van der Waals surface area contributed by atoms with E-state index in [1.54, 1.807) is 34.9 Å². The molecule has 0 bridgehead atoms. The van der Waals surface area contributed by atoms with E-state index in [9.17, 15) is 9.59 Å². The molecule has 27 heavy (non-hydrogen) atoms. The minimum atomic E-state index is -0.499. The van der Waals surface area contributed by atoms with Gasteiger partial charge in [-0.3, -0.25) is 9.59 Å². The van der Waals surface area contributed by atoms with Crippen LogP contribution in [0, 0.1) is 0 Å². The van der Waals surface area contributed by atoms with Crippen molar-refractivity contribution in [3.8, 4) is 0 Å². The Morgan fingerprint density at radius 3 is 2.44 bits per heavy atom. The summed E-state index contributed by atoms with van der Waals surface area (Å²) in [5.74, 6) is 0.528. The molecule has 1 fully saturated rings. The van der Waals surface area contributed by atoms with Gasteiger partial charge in [0.15, 0.2) is 0 Å². The Kier molecular flexibility index (Phi) is 6.68. The Labute approximate surface area is 173 Å². The summed E-state index contributed by atoms with van der Waals surface area (Å²) >= 11 is 13.8. The minimum Gasteiger partial charge on any atom is -0.327 e. The van der Waals surface area contributed by atoms with E-state index in [2.05, 4.69) is 11.6 Å². The van der Waals surface area contributed by atoms with Crippen LogP contribution in [0.3, 0.4) is 0 Å². The van der Waals surface area contributed by atoms with Gasteiger partial charge >= 0.3 is 0 Å². The number of carbonyl (C=O) groups is 2. The molecule has 3 rings (SSSR count). The third-order valence-electron chi connectivity index (χ3n) is 4.46. The zero-order chi connectivity index (χ0) is 19.4. The number of hydrogen-bond donors (Lipinski definition) is 1. The SMILES string of the molecule is CSCc1ccc(NC(=O)C2CCCN2C(=O)c2cc(Cl)cc(Cl)c2)cc1. The first-order valence-electron chi connectivity index (χ1n) is 8.64. The first-order chi connectivity index (χ1) is 13.0. The van der Waals surface area contributed by atoms with Crippen molar-refractivity contribution in [2.75, 3.05) is 18.1 Å². The molecule has 7 heteroatoms. The molecule has 2 aromatic rings. The van der Waals surface area contributed by atoms with E-state index in [0.29, 0.717) is 28.6 Å². The fourth-order valence-corrected chi connectivity index (χ4v) is 4.25. The molecule has 0 aliphatic carbocycles. The zero-order valence-corrected chi connectivity index (χ0v) is 17.2. The molecule has 1 saturated heterocycles. The third-order valence-corrected chi connectivity index (χ3v) is 5.52. The smallest absolute Gasteiger partial charge is 0.254 e. The van der Waals surface area contributed by atoms with Crippen molar-refractivity contribution in [3.63, 3.8) is 0 Å². The molecule has 1 aliphatic heterocycles. The number of hydrogen-bond acceptors (Lipinski definition) is 3. The molecule has 2 aromatic carbocycles. The third kappa shape index (κ3) is 4.98. The maximum atomic E-state index is 12.9. The van der Waals surface area contributed by atoms with Crippen LogP contribution in [-0.4, -0.2) is 35.6 Å². The number of likely N-dealkylation sites (tertiary alicyclic amines) is 1. The highest BCUT2D eigenvalue weighted by atomic mass is 35.5. The van der Waals surface area contributed by atoms with Gasteiger partial charge in [-0.15, -0.1) is 0 Å². The number of benzene rings is 2. The van der Waals surface area contributed by atoms with Crippen molar-refractivity contribution in [1.29, 1.82) is 0 Å². The van der Waals surface area contributed by atoms with Gasteiger partial charge in [-0.1, -0.05) is 35.3 Å². The summed E-state index contributed by atoms with van der Waals surface area (Å²) in [6.45, 7) is 0.535. The van der Waals surface area contributed by atoms with Gasteiger partial charge < -0.3 is 10.2 Å². The van der Waals surface area contributed by atoms with Gasteiger partial charge in [0.25, 0.3) is 5.91 Å². The van der Waals surface area contributed by atoms with Gasteiger partial charge in [0.1, 0.15) is 6.04 Å². The second-order valence-electron chi connectivity index (χ2n) is 6.43. The Morgan fingerprint density at radius 1 is 1.15 bits per heavy atom. The second kappa shape index (κ2) is 9.00. The summed E-state index contributed by atoms with van der Waals surface area (Å²) < 4.78 is 0. The molecule has 0 saturated carbocycles. The number of anilines is 1. The fraction of sp³-hybridized carbons (Fsp3) is 0.300. The zero-order valence-electron chi connectivity index (χ0n) is 14.9. The molecule has 1 unspecified atom stereocenters. The van der Waals surface area contributed by atoms with E-state index in [4.69, 9.17) is 23.2 Å². The van der Waals surface area contributed by atoms with Crippen LogP contribution in [0.25, 0.3) is 0 Å². The Bertz CT molecular complexity index is 822. The average molecular weight is 423 g/mol. The van der Waals surface area contributed by atoms with Crippen molar-refractivity contribution in [1.82, 2.24) is 4.90 Å². The molecule has 2 amide bonds. The molecular formula is C20H20Cl2N2O2S. The molecule has 1 aliphatic rings. The van der Waals surface area contributed by atoms with Crippen LogP contribution in [0.5, 0.6) is 0 Å². The minimum absolute atomic E-state index is 0.174. The molecule has 0 aromatic heterocycles. The molecular weight excluding hydrogens is 403 g/mol. The highest BCUT2D eigenvalue weighted by molar-refractivity contribution is 7.97. The number of nitrogens with zero attached hydrogens (tertiary/aromatic N) is 1. The van der Waals surface area contributed by atoms with Gasteiger partial charge in [-0.05, 0) is 55.0 Å². The Balaban J connectivity index is 1.71. The molecule has 1 atom stereocenters. The lowest BCUT2D eigenvalue weighted by Gasteiger charge is -2.24. The summed E-state index contributed by atoms with van der Waals surface area (Å²) in [4.78, 5) is 27.2. The standard InChI is InChI=1S/C20H20Cl2N2O2S/c1-27-12-13-4-6-17(7-5-13)23-19(25)18-3-2-8-24(18)20(26)14-9-15(21)11-16(22)10-14/h4-7,9-11,18H,2-3,8,12H2,1H3,(H,23,25). The van der Waals surface area contributed by atoms with Crippen molar-refractivity contribution < 1.29 is 9.59 Å². The normalized spacial score (nSPS) is 16.4. The van der Waals surface area contributed by atoms with E-state index in [1.165, 1.54) is 5.56 Å². The predicted molar refractivity (Wildman–Crippen MR) is 113 cm³/mol.